The molecule has 106 valence electrons. The average Bonchev–Trinajstić information content (AvgIpc) is 2.87. The second-order valence-electron chi connectivity index (χ2n) is 4.37. The van der Waals surface area contributed by atoms with Crippen LogP contribution in [0.15, 0.2) is 0 Å². The molecule has 0 aromatic rings. The SMILES string of the molecule is COCCN(CCOC)C(=O)[C@@H]1CC[C@H](CN)O1. The molecular weight excluding hydrogens is 236 g/mol. The van der Waals surface area contributed by atoms with E-state index in [0.29, 0.717) is 32.8 Å². The Kier molecular flexibility index (Phi) is 7.19. The molecule has 0 aromatic heterocycles. The highest BCUT2D eigenvalue weighted by molar-refractivity contribution is 5.81. The van der Waals surface area contributed by atoms with Crippen LogP contribution in [0.25, 0.3) is 0 Å². The monoisotopic (exact) mass is 260 g/mol. The zero-order valence-electron chi connectivity index (χ0n) is 11.3. The zero-order chi connectivity index (χ0) is 13.4. The Balaban J connectivity index is 2.47. The molecule has 0 aromatic carbocycles. The number of hydrogen-bond donors (Lipinski definition) is 1. The van der Waals surface area contributed by atoms with Crippen LogP contribution in [0.1, 0.15) is 12.8 Å². The number of nitrogens with zero attached hydrogens (tertiary/aromatic N) is 1. The van der Waals surface area contributed by atoms with E-state index < -0.39 is 0 Å². The molecule has 0 bridgehead atoms. The molecular formula is C12H24N2O4. The fourth-order valence-electron chi connectivity index (χ4n) is 2.00. The van der Waals surface area contributed by atoms with Gasteiger partial charge in [-0.1, -0.05) is 0 Å². The Hall–Kier alpha value is -0.690. The number of ether oxygens (including phenoxy) is 3. The Morgan fingerprint density at radius 2 is 1.89 bits per heavy atom. The van der Waals surface area contributed by atoms with Crippen LogP contribution in [0.3, 0.4) is 0 Å². The highest BCUT2D eigenvalue weighted by Crippen LogP contribution is 2.20. The first-order valence-electron chi connectivity index (χ1n) is 6.35. The van der Waals surface area contributed by atoms with Gasteiger partial charge >= 0.3 is 0 Å². The van der Waals surface area contributed by atoms with Crippen LogP contribution in [-0.4, -0.2) is 70.1 Å². The number of hydrogen-bond acceptors (Lipinski definition) is 5. The summed E-state index contributed by atoms with van der Waals surface area (Å²) >= 11 is 0. The second-order valence-corrected chi connectivity index (χ2v) is 4.37. The molecule has 0 radical (unpaired) electrons. The van der Waals surface area contributed by atoms with Gasteiger partial charge in [0.1, 0.15) is 6.10 Å². The topological polar surface area (TPSA) is 74.0 Å². The van der Waals surface area contributed by atoms with E-state index >= 15 is 0 Å². The van der Waals surface area contributed by atoms with Crippen LogP contribution in [-0.2, 0) is 19.0 Å². The summed E-state index contributed by atoms with van der Waals surface area (Å²) < 4.78 is 15.6. The summed E-state index contributed by atoms with van der Waals surface area (Å²) in [6.07, 6.45) is 1.27. The number of nitrogens with two attached hydrogens (primary N) is 1. The predicted molar refractivity (Wildman–Crippen MR) is 67.3 cm³/mol. The van der Waals surface area contributed by atoms with Gasteiger partial charge in [0.2, 0.25) is 0 Å². The third kappa shape index (κ3) is 4.53. The van der Waals surface area contributed by atoms with Gasteiger partial charge in [-0.2, -0.15) is 0 Å². The molecule has 0 spiro atoms. The van der Waals surface area contributed by atoms with Gasteiger partial charge in [0.15, 0.2) is 0 Å². The van der Waals surface area contributed by atoms with Crippen molar-refractivity contribution >= 4 is 5.91 Å². The van der Waals surface area contributed by atoms with Gasteiger partial charge in [-0.25, -0.2) is 0 Å². The van der Waals surface area contributed by atoms with Crippen molar-refractivity contribution in [2.24, 2.45) is 5.73 Å². The maximum Gasteiger partial charge on any atom is 0.251 e. The minimum absolute atomic E-state index is 0.0139. The molecule has 1 amide bonds. The molecule has 1 aliphatic rings. The fraction of sp³-hybridized carbons (Fsp3) is 0.917. The molecule has 0 aliphatic carbocycles. The molecule has 6 heteroatoms. The molecule has 1 aliphatic heterocycles. The van der Waals surface area contributed by atoms with E-state index in [1.54, 1.807) is 19.1 Å². The van der Waals surface area contributed by atoms with Crippen molar-refractivity contribution in [2.45, 2.75) is 25.0 Å². The maximum absolute atomic E-state index is 12.3. The van der Waals surface area contributed by atoms with Crippen molar-refractivity contribution in [3.05, 3.63) is 0 Å². The average molecular weight is 260 g/mol. The van der Waals surface area contributed by atoms with E-state index in [1.165, 1.54) is 0 Å². The van der Waals surface area contributed by atoms with E-state index in [1.807, 2.05) is 0 Å². The zero-order valence-corrected chi connectivity index (χ0v) is 11.3. The van der Waals surface area contributed by atoms with Crippen molar-refractivity contribution < 1.29 is 19.0 Å². The Morgan fingerprint density at radius 3 is 2.33 bits per heavy atom. The number of amides is 1. The first-order valence-corrected chi connectivity index (χ1v) is 6.35. The number of carbonyl (C=O) groups is 1. The van der Waals surface area contributed by atoms with Gasteiger partial charge in [-0.3, -0.25) is 4.79 Å². The van der Waals surface area contributed by atoms with E-state index in [0.717, 1.165) is 12.8 Å². The highest BCUT2D eigenvalue weighted by atomic mass is 16.5. The van der Waals surface area contributed by atoms with Crippen molar-refractivity contribution in [2.75, 3.05) is 47.1 Å². The summed E-state index contributed by atoms with van der Waals surface area (Å²) in [5.74, 6) is 0.0139. The van der Waals surface area contributed by atoms with Crippen LogP contribution in [0.4, 0.5) is 0 Å². The third-order valence-corrected chi connectivity index (χ3v) is 3.09. The van der Waals surface area contributed by atoms with Crippen molar-refractivity contribution in [1.29, 1.82) is 0 Å². The summed E-state index contributed by atoms with van der Waals surface area (Å²) in [6.45, 7) is 2.63. The smallest absolute Gasteiger partial charge is 0.251 e. The molecule has 1 heterocycles. The second kappa shape index (κ2) is 8.42. The number of carbonyl (C=O) groups excluding carboxylic acids is 1. The lowest BCUT2D eigenvalue weighted by Crippen LogP contribution is -2.43. The van der Waals surface area contributed by atoms with Crippen LogP contribution >= 0.6 is 0 Å². The lowest BCUT2D eigenvalue weighted by Gasteiger charge is -2.25. The lowest BCUT2D eigenvalue weighted by atomic mass is 10.2. The number of methoxy groups -OCH3 is 2. The standard InChI is InChI=1S/C12H24N2O4/c1-16-7-5-14(6-8-17-2)12(15)11-4-3-10(9-13)18-11/h10-11H,3-9,13H2,1-2H3/t10-,11+/m1/s1. The summed E-state index contributed by atoms with van der Waals surface area (Å²) in [5.41, 5.74) is 5.54. The van der Waals surface area contributed by atoms with Gasteiger partial charge in [0, 0.05) is 33.9 Å². The van der Waals surface area contributed by atoms with Crippen molar-refractivity contribution in [3.63, 3.8) is 0 Å². The van der Waals surface area contributed by atoms with E-state index in [2.05, 4.69) is 0 Å². The summed E-state index contributed by atoms with van der Waals surface area (Å²) in [4.78, 5) is 14.0. The summed E-state index contributed by atoms with van der Waals surface area (Å²) in [6, 6.07) is 0. The Labute approximate surface area is 108 Å². The predicted octanol–water partition coefficient (Wildman–Crippen LogP) is -0.386. The molecule has 1 rings (SSSR count). The van der Waals surface area contributed by atoms with Gasteiger partial charge in [-0.15, -0.1) is 0 Å². The normalized spacial score (nSPS) is 23.3. The first kappa shape index (κ1) is 15.4. The quantitative estimate of drug-likeness (QED) is 0.643. The van der Waals surface area contributed by atoms with Gasteiger partial charge in [-0.05, 0) is 12.8 Å². The Morgan fingerprint density at radius 1 is 1.28 bits per heavy atom. The largest absolute Gasteiger partial charge is 0.383 e. The molecule has 0 unspecified atom stereocenters. The molecule has 1 fully saturated rings. The van der Waals surface area contributed by atoms with Crippen LogP contribution < -0.4 is 5.73 Å². The lowest BCUT2D eigenvalue weighted by molar-refractivity contribution is -0.144. The molecule has 2 atom stereocenters. The van der Waals surface area contributed by atoms with Gasteiger partial charge in [0.25, 0.3) is 5.91 Å². The van der Waals surface area contributed by atoms with E-state index in [4.69, 9.17) is 19.9 Å². The van der Waals surface area contributed by atoms with Crippen LogP contribution in [0, 0.1) is 0 Å². The van der Waals surface area contributed by atoms with Gasteiger partial charge < -0.3 is 24.8 Å². The van der Waals surface area contributed by atoms with E-state index in [-0.39, 0.29) is 18.1 Å². The first-order chi connectivity index (χ1) is 8.72. The van der Waals surface area contributed by atoms with Gasteiger partial charge in [0.05, 0.1) is 19.3 Å². The minimum Gasteiger partial charge on any atom is -0.383 e. The highest BCUT2D eigenvalue weighted by Gasteiger charge is 2.32. The summed E-state index contributed by atoms with van der Waals surface area (Å²) in [7, 11) is 3.24. The van der Waals surface area contributed by atoms with E-state index in [9.17, 15) is 4.79 Å². The Bertz CT molecular complexity index is 242. The van der Waals surface area contributed by atoms with Crippen molar-refractivity contribution in [3.8, 4) is 0 Å². The van der Waals surface area contributed by atoms with Crippen LogP contribution in [0.2, 0.25) is 0 Å². The molecule has 1 saturated heterocycles. The summed E-state index contributed by atoms with van der Waals surface area (Å²) in [5, 5.41) is 0. The molecule has 0 saturated carbocycles. The van der Waals surface area contributed by atoms with Crippen LogP contribution in [0.5, 0.6) is 0 Å². The van der Waals surface area contributed by atoms with Crippen molar-refractivity contribution in [1.82, 2.24) is 4.90 Å². The third-order valence-electron chi connectivity index (χ3n) is 3.09. The number of rotatable bonds is 8. The maximum atomic E-state index is 12.3. The fourth-order valence-corrected chi connectivity index (χ4v) is 2.00. The minimum atomic E-state index is -0.354. The molecule has 2 N–H and O–H groups in total. The molecule has 18 heavy (non-hydrogen) atoms. The molecule has 6 nitrogen and oxygen atoms in total.